The highest BCUT2D eigenvalue weighted by molar-refractivity contribution is 4.85. The Balaban J connectivity index is 2.33. The number of hydrogen-bond donors (Lipinski definition) is 1. The summed E-state index contributed by atoms with van der Waals surface area (Å²) < 4.78 is 5.81. The molecule has 2 atom stereocenters. The maximum Gasteiger partial charge on any atom is 0.0666 e. The summed E-state index contributed by atoms with van der Waals surface area (Å²) in [5, 5.41) is 3.63. The minimum Gasteiger partial charge on any atom is -0.375 e. The molecular formula is C12H25NO. The second kappa shape index (κ2) is 5.13. The van der Waals surface area contributed by atoms with Crippen molar-refractivity contribution >= 4 is 0 Å². The van der Waals surface area contributed by atoms with Gasteiger partial charge in [0.15, 0.2) is 0 Å². The lowest BCUT2D eigenvalue weighted by atomic mass is 9.90. The largest absolute Gasteiger partial charge is 0.375 e. The van der Waals surface area contributed by atoms with Crippen LogP contribution in [0.15, 0.2) is 0 Å². The Bertz CT molecular complexity index is 170. The van der Waals surface area contributed by atoms with Gasteiger partial charge in [-0.2, -0.15) is 0 Å². The molecule has 14 heavy (non-hydrogen) atoms. The van der Waals surface area contributed by atoms with E-state index in [0.29, 0.717) is 6.04 Å². The molecule has 2 nitrogen and oxygen atoms in total. The quantitative estimate of drug-likeness (QED) is 0.751. The molecule has 0 aromatic heterocycles. The first kappa shape index (κ1) is 12.0. The van der Waals surface area contributed by atoms with E-state index in [-0.39, 0.29) is 5.60 Å². The van der Waals surface area contributed by atoms with Crippen LogP contribution in [0.1, 0.15) is 47.0 Å². The van der Waals surface area contributed by atoms with E-state index in [1.165, 1.54) is 6.42 Å². The maximum atomic E-state index is 5.81. The number of nitrogens with one attached hydrogen (secondary N) is 1. The van der Waals surface area contributed by atoms with Gasteiger partial charge >= 0.3 is 0 Å². The molecule has 1 fully saturated rings. The van der Waals surface area contributed by atoms with Crippen LogP contribution in [0, 0.1) is 5.92 Å². The van der Waals surface area contributed by atoms with Crippen LogP contribution in [0.25, 0.3) is 0 Å². The Morgan fingerprint density at radius 2 is 2.21 bits per heavy atom. The predicted molar refractivity (Wildman–Crippen MR) is 60.5 cm³/mol. The minimum atomic E-state index is 0.118. The molecule has 0 radical (unpaired) electrons. The fraction of sp³-hybridized carbons (Fsp3) is 1.00. The van der Waals surface area contributed by atoms with Crippen LogP contribution in [-0.2, 0) is 4.74 Å². The van der Waals surface area contributed by atoms with Crippen molar-refractivity contribution in [3.05, 3.63) is 0 Å². The third-order valence-electron chi connectivity index (χ3n) is 3.16. The van der Waals surface area contributed by atoms with Gasteiger partial charge in [0.2, 0.25) is 0 Å². The lowest BCUT2D eigenvalue weighted by molar-refractivity contribution is -0.0781. The van der Waals surface area contributed by atoms with E-state index in [0.717, 1.165) is 31.9 Å². The minimum absolute atomic E-state index is 0.118. The summed E-state index contributed by atoms with van der Waals surface area (Å²) in [5.41, 5.74) is 0.118. The highest BCUT2D eigenvalue weighted by Gasteiger charge is 2.31. The van der Waals surface area contributed by atoms with E-state index in [9.17, 15) is 0 Å². The lowest BCUT2D eigenvalue weighted by Gasteiger charge is -2.38. The molecule has 1 aliphatic heterocycles. The highest BCUT2D eigenvalue weighted by atomic mass is 16.5. The Labute approximate surface area is 88.4 Å². The number of ether oxygens (including phenoxy) is 1. The highest BCUT2D eigenvalue weighted by Crippen LogP contribution is 2.27. The molecule has 1 aliphatic rings. The van der Waals surface area contributed by atoms with Crippen LogP contribution in [-0.4, -0.2) is 24.8 Å². The third kappa shape index (κ3) is 3.58. The number of rotatable bonds is 4. The summed E-state index contributed by atoms with van der Waals surface area (Å²) in [7, 11) is 0. The molecule has 0 saturated carbocycles. The third-order valence-corrected chi connectivity index (χ3v) is 3.16. The van der Waals surface area contributed by atoms with Crippen LogP contribution in [0.3, 0.4) is 0 Å². The first-order valence-electron chi connectivity index (χ1n) is 5.93. The van der Waals surface area contributed by atoms with Crippen molar-refractivity contribution in [2.24, 2.45) is 5.92 Å². The van der Waals surface area contributed by atoms with Crippen molar-refractivity contribution in [2.75, 3.05) is 13.2 Å². The Morgan fingerprint density at radius 1 is 1.50 bits per heavy atom. The average Bonchev–Trinajstić information content (AvgIpc) is 2.15. The van der Waals surface area contributed by atoms with Gasteiger partial charge in [0.1, 0.15) is 0 Å². The van der Waals surface area contributed by atoms with Crippen molar-refractivity contribution in [3.8, 4) is 0 Å². The Kier molecular flexibility index (Phi) is 4.39. The topological polar surface area (TPSA) is 21.3 Å². The molecule has 0 bridgehead atoms. The molecule has 1 saturated heterocycles. The summed E-state index contributed by atoms with van der Waals surface area (Å²) in [4.78, 5) is 0. The Hall–Kier alpha value is -0.0800. The van der Waals surface area contributed by atoms with Crippen molar-refractivity contribution in [1.29, 1.82) is 0 Å². The van der Waals surface area contributed by atoms with Crippen LogP contribution < -0.4 is 5.32 Å². The maximum absolute atomic E-state index is 5.81. The summed E-state index contributed by atoms with van der Waals surface area (Å²) in [6.07, 6.45) is 3.45. The first-order valence-corrected chi connectivity index (χ1v) is 5.93. The SMILES string of the molecule is CCC1(C)CC(NCC(C)C)CCO1. The standard InChI is InChI=1S/C12H25NO/c1-5-12(4)8-11(6-7-14-12)13-9-10(2)3/h10-11,13H,5-9H2,1-4H3. The molecule has 0 amide bonds. The fourth-order valence-corrected chi connectivity index (χ4v) is 1.95. The molecule has 0 spiro atoms. The molecular weight excluding hydrogens is 174 g/mol. The second-order valence-electron chi connectivity index (χ2n) is 5.14. The van der Waals surface area contributed by atoms with Crippen molar-refractivity contribution in [1.82, 2.24) is 5.32 Å². The fourth-order valence-electron chi connectivity index (χ4n) is 1.95. The molecule has 0 aromatic carbocycles. The molecule has 2 heteroatoms. The van der Waals surface area contributed by atoms with Crippen LogP contribution in [0.4, 0.5) is 0 Å². The van der Waals surface area contributed by atoms with Gasteiger partial charge in [-0.25, -0.2) is 0 Å². The van der Waals surface area contributed by atoms with E-state index >= 15 is 0 Å². The van der Waals surface area contributed by atoms with Gasteiger partial charge in [-0.1, -0.05) is 20.8 Å². The van der Waals surface area contributed by atoms with Gasteiger partial charge in [0, 0.05) is 12.6 Å². The van der Waals surface area contributed by atoms with Crippen LogP contribution in [0.2, 0.25) is 0 Å². The summed E-state index contributed by atoms with van der Waals surface area (Å²) >= 11 is 0. The van der Waals surface area contributed by atoms with Crippen molar-refractivity contribution in [3.63, 3.8) is 0 Å². The molecule has 1 rings (SSSR count). The monoisotopic (exact) mass is 199 g/mol. The second-order valence-corrected chi connectivity index (χ2v) is 5.14. The number of hydrogen-bond acceptors (Lipinski definition) is 2. The van der Waals surface area contributed by atoms with Gasteiger partial charge in [-0.3, -0.25) is 0 Å². The molecule has 1 heterocycles. The van der Waals surface area contributed by atoms with E-state index < -0.39 is 0 Å². The zero-order valence-corrected chi connectivity index (χ0v) is 10.1. The summed E-state index contributed by atoms with van der Waals surface area (Å²) in [6.45, 7) is 11.0. The zero-order chi connectivity index (χ0) is 10.6. The smallest absolute Gasteiger partial charge is 0.0666 e. The Morgan fingerprint density at radius 3 is 2.79 bits per heavy atom. The van der Waals surface area contributed by atoms with E-state index in [1.807, 2.05) is 0 Å². The molecule has 84 valence electrons. The molecule has 0 aromatic rings. The molecule has 1 N–H and O–H groups in total. The normalized spacial score (nSPS) is 33.6. The lowest BCUT2D eigenvalue weighted by Crippen LogP contribution is -2.45. The summed E-state index contributed by atoms with van der Waals surface area (Å²) in [6, 6.07) is 0.663. The van der Waals surface area contributed by atoms with Gasteiger partial charge in [0.25, 0.3) is 0 Å². The first-order chi connectivity index (χ1) is 6.56. The van der Waals surface area contributed by atoms with Gasteiger partial charge in [0.05, 0.1) is 5.60 Å². The van der Waals surface area contributed by atoms with Crippen molar-refractivity contribution < 1.29 is 4.74 Å². The molecule has 2 unspecified atom stereocenters. The zero-order valence-electron chi connectivity index (χ0n) is 10.1. The van der Waals surface area contributed by atoms with Crippen molar-refractivity contribution in [2.45, 2.75) is 58.6 Å². The van der Waals surface area contributed by atoms with Crippen LogP contribution >= 0.6 is 0 Å². The van der Waals surface area contributed by atoms with E-state index in [2.05, 4.69) is 33.0 Å². The van der Waals surface area contributed by atoms with E-state index in [4.69, 9.17) is 4.74 Å². The van der Waals surface area contributed by atoms with Gasteiger partial charge < -0.3 is 10.1 Å². The average molecular weight is 199 g/mol. The van der Waals surface area contributed by atoms with Gasteiger partial charge in [-0.15, -0.1) is 0 Å². The summed E-state index contributed by atoms with van der Waals surface area (Å²) in [5.74, 6) is 0.741. The van der Waals surface area contributed by atoms with Crippen LogP contribution in [0.5, 0.6) is 0 Å². The predicted octanol–water partition coefficient (Wildman–Crippen LogP) is 2.58. The van der Waals surface area contributed by atoms with Gasteiger partial charge in [-0.05, 0) is 38.6 Å². The van der Waals surface area contributed by atoms with E-state index in [1.54, 1.807) is 0 Å². The molecule has 0 aliphatic carbocycles.